The molecule has 4 rings (SSSR count). The van der Waals surface area contributed by atoms with Crippen molar-refractivity contribution in [1.82, 2.24) is 15.1 Å². The first-order valence-corrected chi connectivity index (χ1v) is 10.8. The Morgan fingerprint density at radius 3 is 2.60 bits per heavy atom. The summed E-state index contributed by atoms with van der Waals surface area (Å²) in [6.45, 7) is 3.32. The second-order valence-corrected chi connectivity index (χ2v) is 8.32. The van der Waals surface area contributed by atoms with E-state index < -0.39 is 0 Å². The number of carbonyl (C=O) groups excluding carboxylic acids is 1. The van der Waals surface area contributed by atoms with Crippen LogP contribution in [0.25, 0.3) is 5.69 Å². The number of ether oxygens (including phenoxy) is 1. The number of amides is 1. The quantitative estimate of drug-likeness (QED) is 0.658. The van der Waals surface area contributed by atoms with E-state index in [-0.39, 0.29) is 17.6 Å². The first-order chi connectivity index (χ1) is 14.6. The molecule has 154 valence electrons. The van der Waals surface area contributed by atoms with Gasteiger partial charge in [0.15, 0.2) is 0 Å². The summed E-state index contributed by atoms with van der Waals surface area (Å²) in [5.41, 5.74) is 2.12. The highest BCUT2D eigenvalue weighted by Gasteiger charge is 2.16. The van der Waals surface area contributed by atoms with Gasteiger partial charge in [-0.05, 0) is 62.2 Å². The standard InChI is InChI=1S/C23H23N3O3S/c1-16-4-10-20(11-5-16)30-21-12-13-22(27)26(25-21)18-8-6-17(7-9-18)23(28)24-15-19-3-2-14-29-19/h4-13,19H,2-3,14-15H2,1H3,(H,24,28)/t19-/m0/s1. The van der Waals surface area contributed by atoms with Gasteiger partial charge in [-0.25, -0.2) is 0 Å². The van der Waals surface area contributed by atoms with Crippen LogP contribution in [0.1, 0.15) is 28.8 Å². The van der Waals surface area contributed by atoms with Crippen LogP contribution < -0.4 is 10.9 Å². The van der Waals surface area contributed by atoms with Gasteiger partial charge in [0, 0.05) is 29.7 Å². The van der Waals surface area contributed by atoms with Gasteiger partial charge in [-0.2, -0.15) is 9.78 Å². The van der Waals surface area contributed by atoms with E-state index in [1.54, 1.807) is 30.3 Å². The fraction of sp³-hybridized carbons (Fsp3) is 0.261. The smallest absolute Gasteiger partial charge is 0.271 e. The number of benzene rings is 2. The van der Waals surface area contributed by atoms with Gasteiger partial charge in [0.1, 0.15) is 5.03 Å². The van der Waals surface area contributed by atoms with Crippen molar-refractivity contribution >= 4 is 17.7 Å². The number of hydrogen-bond donors (Lipinski definition) is 1. The number of nitrogens with zero attached hydrogens (tertiary/aromatic N) is 2. The van der Waals surface area contributed by atoms with Gasteiger partial charge in [-0.15, -0.1) is 0 Å². The van der Waals surface area contributed by atoms with E-state index in [1.807, 2.05) is 31.2 Å². The summed E-state index contributed by atoms with van der Waals surface area (Å²) in [5, 5.41) is 8.09. The molecule has 1 atom stereocenters. The molecule has 2 heterocycles. The van der Waals surface area contributed by atoms with E-state index >= 15 is 0 Å². The van der Waals surface area contributed by atoms with Crippen LogP contribution in [0.15, 0.2) is 75.4 Å². The third-order valence-corrected chi connectivity index (χ3v) is 5.84. The molecular weight excluding hydrogens is 398 g/mol. The SMILES string of the molecule is Cc1ccc(Sc2ccc(=O)n(-c3ccc(C(=O)NC[C@@H]4CCCO4)cc3)n2)cc1. The zero-order valence-corrected chi connectivity index (χ0v) is 17.5. The molecule has 0 bridgehead atoms. The predicted molar refractivity (Wildman–Crippen MR) is 116 cm³/mol. The third kappa shape index (κ3) is 4.98. The zero-order chi connectivity index (χ0) is 20.9. The monoisotopic (exact) mass is 421 g/mol. The largest absolute Gasteiger partial charge is 0.376 e. The highest BCUT2D eigenvalue weighted by atomic mass is 32.2. The van der Waals surface area contributed by atoms with Crippen LogP contribution >= 0.6 is 11.8 Å². The van der Waals surface area contributed by atoms with Crippen LogP contribution in [0.2, 0.25) is 0 Å². The van der Waals surface area contributed by atoms with E-state index in [0.29, 0.717) is 17.8 Å². The maximum absolute atomic E-state index is 12.3. The van der Waals surface area contributed by atoms with Gasteiger partial charge in [0.2, 0.25) is 0 Å². The molecule has 1 aromatic heterocycles. The Hall–Kier alpha value is -2.90. The molecule has 0 radical (unpaired) electrons. The van der Waals surface area contributed by atoms with E-state index in [4.69, 9.17) is 4.74 Å². The van der Waals surface area contributed by atoms with Crippen LogP contribution in [-0.4, -0.2) is 34.9 Å². The van der Waals surface area contributed by atoms with E-state index in [9.17, 15) is 9.59 Å². The Morgan fingerprint density at radius 2 is 1.90 bits per heavy atom. The Balaban J connectivity index is 1.47. The average molecular weight is 422 g/mol. The van der Waals surface area contributed by atoms with Crippen LogP contribution in [0.3, 0.4) is 0 Å². The van der Waals surface area contributed by atoms with Crippen molar-refractivity contribution in [1.29, 1.82) is 0 Å². The third-order valence-electron chi connectivity index (χ3n) is 4.91. The summed E-state index contributed by atoms with van der Waals surface area (Å²) < 4.78 is 6.88. The number of hydrogen-bond acceptors (Lipinski definition) is 5. The second-order valence-electron chi connectivity index (χ2n) is 7.23. The number of carbonyl (C=O) groups is 1. The molecule has 0 spiro atoms. The number of nitrogens with one attached hydrogen (secondary N) is 1. The molecule has 7 heteroatoms. The fourth-order valence-corrected chi connectivity index (χ4v) is 4.00. The van der Waals surface area contributed by atoms with Gasteiger partial charge in [-0.1, -0.05) is 29.5 Å². The Morgan fingerprint density at radius 1 is 1.13 bits per heavy atom. The molecule has 0 aliphatic carbocycles. The number of aromatic nitrogens is 2. The predicted octanol–water partition coefficient (Wildman–Crippen LogP) is 3.60. The van der Waals surface area contributed by atoms with E-state index in [2.05, 4.69) is 10.4 Å². The summed E-state index contributed by atoms with van der Waals surface area (Å²) in [7, 11) is 0. The molecule has 1 aliphatic heterocycles. The number of rotatable bonds is 6. The van der Waals surface area contributed by atoms with E-state index in [1.165, 1.54) is 28.1 Å². The highest BCUT2D eigenvalue weighted by molar-refractivity contribution is 7.99. The van der Waals surface area contributed by atoms with Crippen LogP contribution in [-0.2, 0) is 4.74 Å². The maximum atomic E-state index is 12.3. The minimum atomic E-state index is -0.223. The molecule has 3 aromatic rings. The topological polar surface area (TPSA) is 73.2 Å². The Kier molecular flexibility index (Phi) is 6.30. The molecule has 1 fully saturated rings. The highest BCUT2D eigenvalue weighted by Crippen LogP contribution is 2.25. The molecule has 6 nitrogen and oxygen atoms in total. The second kappa shape index (κ2) is 9.28. The van der Waals surface area contributed by atoms with Crippen molar-refractivity contribution in [2.24, 2.45) is 0 Å². The summed E-state index contributed by atoms with van der Waals surface area (Å²) >= 11 is 1.49. The summed E-state index contributed by atoms with van der Waals surface area (Å²) in [5.74, 6) is -0.152. The molecule has 1 saturated heterocycles. The number of aryl methyl sites for hydroxylation is 1. The maximum Gasteiger partial charge on any atom is 0.271 e. The Bertz CT molecular complexity index is 1070. The first-order valence-electron chi connectivity index (χ1n) is 9.94. The van der Waals surface area contributed by atoms with Gasteiger partial charge in [0.25, 0.3) is 11.5 Å². The van der Waals surface area contributed by atoms with Gasteiger partial charge in [-0.3, -0.25) is 9.59 Å². The van der Waals surface area contributed by atoms with Crippen molar-refractivity contribution in [3.63, 3.8) is 0 Å². The van der Waals surface area contributed by atoms with Gasteiger partial charge in [0.05, 0.1) is 11.8 Å². The van der Waals surface area contributed by atoms with Crippen molar-refractivity contribution in [2.45, 2.75) is 35.8 Å². The summed E-state index contributed by atoms with van der Waals surface area (Å²) in [6, 6.07) is 18.2. The molecule has 1 amide bonds. The molecule has 0 unspecified atom stereocenters. The molecule has 0 saturated carbocycles. The lowest BCUT2D eigenvalue weighted by atomic mass is 10.2. The fourth-order valence-electron chi connectivity index (χ4n) is 3.23. The first kappa shape index (κ1) is 20.4. The summed E-state index contributed by atoms with van der Waals surface area (Å²) in [6.07, 6.45) is 2.12. The molecule has 30 heavy (non-hydrogen) atoms. The van der Waals surface area contributed by atoms with Crippen molar-refractivity contribution < 1.29 is 9.53 Å². The molecule has 1 N–H and O–H groups in total. The zero-order valence-electron chi connectivity index (χ0n) is 16.7. The van der Waals surface area contributed by atoms with Crippen molar-refractivity contribution in [3.05, 3.63) is 82.1 Å². The lowest BCUT2D eigenvalue weighted by Crippen LogP contribution is -2.31. The van der Waals surface area contributed by atoms with E-state index in [0.717, 1.165) is 29.4 Å². The molecular formula is C23H23N3O3S. The van der Waals surface area contributed by atoms with Crippen molar-refractivity contribution in [2.75, 3.05) is 13.2 Å². The Labute approximate surface area is 179 Å². The minimum Gasteiger partial charge on any atom is -0.376 e. The summed E-state index contributed by atoms with van der Waals surface area (Å²) in [4.78, 5) is 25.7. The normalized spacial score (nSPS) is 15.8. The molecule has 1 aliphatic rings. The van der Waals surface area contributed by atoms with Crippen LogP contribution in [0.4, 0.5) is 0 Å². The van der Waals surface area contributed by atoms with Crippen LogP contribution in [0.5, 0.6) is 0 Å². The lowest BCUT2D eigenvalue weighted by Gasteiger charge is -2.11. The van der Waals surface area contributed by atoms with Gasteiger partial charge >= 0.3 is 0 Å². The van der Waals surface area contributed by atoms with Crippen molar-refractivity contribution in [3.8, 4) is 5.69 Å². The molecule has 2 aromatic carbocycles. The minimum absolute atomic E-state index is 0.102. The lowest BCUT2D eigenvalue weighted by molar-refractivity contribution is 0.0858. The van der Waals surface area contributed by atoms with Gasteiger partial charge < -0.3 is 10.1 Å². The van der Waals surface area contributed by atoms with Crippen LogP contribution in [0, 0.1) is 6.92 Å². The average Bonchev–Trinajstić information content (AvgIpc) is 3.29.